The van der Waals surface area contributed by atoms with Crippen LogP contribution in [0.5, 0.6) is 0 Å². The van der Waals surface area contributed by atoms with Crippen molar-refractivity contribution in [2.45, 2.75) is 31.3 Å². The summed E-state index contributed by atoms with van der Waals surface area (Å²) in [5.74, 6) is -12.7. The summed E-state index contributed by atoms with van der Waals surface area (Å²) in [6.45, 7) is 1.20. The van der Waals surface area contributed by atoms with E-state index in [1.807, 2.05) is 0 Å². The Bertz CT molecular complexity index is 719. The average Bonchev–Trinajstić information content (AvgIpc) is 2.61. The van der Waals surface area contributed by atoms with Gasteiger partial charge in [-0.1, -0.05) is 0 Å². The van der Waals surface area contributed by atoms with Crippen LogP contribution in [-0.4, -0.2) is 102 Å². The van der Waals surface area contributed by atoms with E-state index in [9.17, 15) is 33.6 Å². The van der Waals surface area contributed by atoms with Gasteiger partial charge in [0, 0.05) is 12.2 Å². The van der Waals surface area contributed by atoms with Gasteiger partial charge in [-0.25, -0.2) is 33.6 Å². The van der Waals surface area contributed by atoms with Crippen LogP contribution in [0.2, 0.25) is 0 Å². The Labute approximate surface area is 165 Å². The van der Waals surface area contributed by atoms with Crippen LogP contribution in [0.25, 0.3) is 0 Å². The number of aliphatic hydroxyl groups excluding tert-OH is 2. The van der Waals surface area contributed by atoms with Gasteiger partial charge in [-0.3, -0.25) is 0 Å². The maximum Gasteiger partial charge on any atom is 0.349 e. The van der Waals surface area contributed by atoms with E-state index in [0.717, 1.165) is 0 Å². The normalized spacial score (nSPS) is 14.1. The molecule has 0 radical (unpaired) electrons. The van der Waals surface area contributed by atoms with Crippen molar-refractivity contribution >= 4 is 41.8 Å². The molecule has 0 aromatic heterocycles. The minimum atomic E-state index is -2.80. The predicted molar refractivity (Wildman–Crippen MR) is 84.8 cm³/mol. The monoisotopic (exact) mass is 440 g/mol. The van der Waals surface area contributed by atoms with Crippen molar-refractivity contribution < 1.29 is 78.8 Å². The minimum absolute atomic E-state index is 0.255. The Hall–Kier alpha value is -4.05. The lowest BCUT2D eigenvalue weighted by atomic mass is 10.2. The van der Waals surface area contributed by atoms with Gasteiger partial charge in [-0.15, -0.1) is 0 Å². The summed E-state index contributed by atoms with van der Waals surface area (Å²) in [5.41, 5.74) is 0. The van der Waals surface area contributed by atoms with Gasteiger partial charge < -0.3 is 45.2 Å². The number of hydrogen-bond acceptors (Lipinski definition) is 11. The second kappa shape index (κ2) is 13.2. The Balaban J connectivity index is 0. The maximum atomic E-state index is 11.2. The molecule has 168 valence electrons. The van der Waals surface area contributed by atoms with E-state index in [2.05, 4.69) is 9.47 Å². The van der Waals surface area contributed by atoms with Crippen LogP contribution >= 0.6 is 0 Å². The molecule has 0 aliphatic rings. The molecule has 0 heterocycles. The fourth-order valence-electron chi connectivity index (χ4n) is 1.08. The third kappa shape index (κ3) is 11.6. The Morgan fingerprint density at radius 2 is 1.07 bits per heavy atom. The van der Waals surface area contributed by atoms with Crippen molar-refractivity contribution in [3.8, 4) is 0 Å². The highest BCUT2D eigenvalue weighted by Gasteiger charge is 2.42. The lowest BCUT2D eigenvalue weighted by molar-refractivity contribution is -0.191. The molecule has 0 rings (SSSR count). The van der Waals surface area contributed by atoms with Crippen LogP contribution in [0, 0.1) is 0 Å². The molecule has 0 aromatic rings. The van der Waals surface area contributed by atoms with Crippen molar-refractivity contribution in [1.29, 1.82) is 0 Å². The van der Waals surface area contributed by atoms with E-state index in [-0.39, 0.29) is 12.2 Å². The zero-order chi connectivity index (χ0) is 24.2. The summed E-state index contributed by atoms with van der Waals surface area (Å²) in [4.78, 5) is 74.3. The molecule has 0 aromatic carbocycles. The van der Waals surface area contributed by atoms with Crippen LogP contribution in [-0.2, 0) is 43.0 Å². The molecule has 0 aliphatic carbocycles. The number of carbonyl (C=O) groups is 7. The Kier molecular flexibility index (Phi) is 12.4. The van der Waals surface area contributed by atoms with Gasteiger partial charge in [-0.05, 0) is 6.92 Å². The largest absolute Gasteiger partial charge is 0.479 e. The summed E-state index contributed by atoms with van der Waals surface area (Å²) < 4.78 is 8.17. The zero-order valence-electron chi connectivity index (χ0n) is 14.8. The first-order chi connectivity index (χ1) is 13.6. The SMILES string of the molecule is CC(O)C(=O)O.O=C(O)/C=C\C(=O)OC(C(=O)O)C(OC(=O)C(O)C(=O)O)C(=O)O. The summed E-state index contributed by atoms with van der Waals surface area (Å²) in [7, 11) is 0. The predicted octanol–water partition coefficient (Wildman–Crippen LogP) is -3.48. The molecule has 4 atom stereocenters. The van der Waals surface area contributed by atoms with Crippen molar-refractivity contribution in [1.82, 2.24) is 0 Å². The fourth-order valence-corrected chi connectivity index (χ4v) is 1.08. The molecule has 30 heavy (non-hydrogen) atoms. The summed E-state index contributed by atoms with van der Waals surface area (Å²) in [5, 5.41) is 58.9. The molecule has 7 N–H and O–H groups in total. The van der Waals surface area contributed by atoms with E-state index in [1.165, 1.54) is 6.92 Å². The molecule has 0 saturated heterocycles. The molecule has 0 bridgehead atoms. The third-order valence-corrected chi connectivity index (χ3v) is 2.42. The third-order valence-electron chi connectivity index (χ3n) is 2.42. The standard InChI is InChI=1S/C11H10O13.C3H6O3/c12-3(13)1-2-4(14)23-6(9(18)19)7(10(20)21)24-11(22)5(15)8(16)17;1-2(4)3(5)6/h1-2,5-7,15H,(H,12,13)(H,16,17)(H,18,19)(H,20,21);2,4H,1H3,(H,5,6)/b2-1-;. The lowest BCUT2D eigenvalue weighted by Crippen LogP contribution is -2.47. The molecule has 4 unspecified atom stereocenters. The number of rotatable bonds is 10. The molecule has 0 amide bonds. The minimum Gasteiger partial charge on any atom is -0.479 e. The molecular formula is C14H16O16. The smallest absolute Gasteiger partial charge is 0.349 e. The molecule has 0 aliphatic heterocycles. The number of carboxylic acids is 5. The van der Waals surface area contributed by atoms with Crippen LogP contribution in [0.1, 0.15) is 6.92 Å². The number of esters is 2. The van der Waals surface area contributed by atoms with Gasteiger partial charge in [0.15, 0.2) is 0 Å². The highest BCUT2D eigenvalue weighted by atomic mass is 16.6. The Morgan fingerprint density at radius 3 is 1.37 bits per heavy atom. The Morgan fingerprint density at radius 1 is 0.667 bits per heavy atom. The highest BCUT2D eigenvalue weighted by Crippen LogP contribution is 2.09. The molecule has 16 heteroatoms. The van der Waals surface area contributed by atoms with Gasteiger partial charge in [0.1, 0.15) is 6.10 Å². The summed E-state index contributed by atoms with van der Waals surface area (Å²) in [6, 6.07) is 0. The van der Waals surface area contributed by atoms with E-state index in [0.29, 0.717) is 0 Å². The zero-order valence-corrected chi connectivity index (χ0v) is 14.8. The first-order valence-corrected chi connectivity index (χ1v) is 7.21. The number of carboxylic acid groups (broad SMARTS) is 5. The fraction of sp³-hybridized carbons (Fsp3) is 0.357. The summed E-state index contributed by atoms with van der Waals surface area (Å²) in [6.07, 6.45) is -8.86. The topological polar surface area (TPSA) is 280 Å². The second-order valence-electron chi connectivity index (χ2n) is 4.82. The number of carbonyl (C=O) groups excluding carboxylic acids is 2. The first-order valence-electron chi connectivity index (χ1n) is 7.21. The van der Waals surface area contributed by atoms with E-state index in [1.54, 1.807) is 0 Å². The van der Waals surface area contributed by atoms with Gasteiger partial charge in [0.05, 0.1) is 0 Å². The number of aliphatic hydroxyl groups is 2. The quantitative estimate of drug-likeness (QED) is 0.0985. The van der Waals surface area contributed by atoms with Gasteiger partial charge in [-0.2, -0.15) is 0 Å². The molecule has 0 spiro atoms. The van der Waals surface area contributed by atoms with Crippen molar-refractivity contribution in [3.63, 3.8) is 0 Å². The van der Waals surface area contributed by atoms with Crippen molar-refractivity contribution in [2.24, 2.45) is 0 Å². The molecular weight excluding hydrogens is 424 g/mol. The van der Waals surface area contributed by atoms with Crippen LogP contribution in [0.4, 0.5) is 0 Å². The number of hydrogen-bond donors (Lipinski definition) is 7. The average molecular weight is 440 g/mol. The van der Waals surface area contributed by atoms with E-state index in [4.69, 9.17) is 35.7 Å². The summed E-state index contributed by atoms with van der Waals surface area (Å²) >= 11 is 0. The van der Waals surface area contributed by atoms with Crippen molar-refractivity contribution in [3.05, 3.63) is 12.2 Å². The highest BCUT2D eigenvalue weighted by molar-refractivity contribution is 5.98. The second-order valence-corrected chi connectivity index (χ2v) is 4.82. The maximum absolute atomic E-state index is 11.2. The number of aliphatic carboxylic acids is 5. The van der Waals surface area contributed by atoms with Crippen molar-refractivity contribution in [2.75, 3.05) is 0 Å². The van der Waals surface area contributed by atoms with Gasteiger partial charge in [0.2, 0.25) is 18.3 Å². The molecule has 0 fully saturated rings. The number of ether oxygens (including phenoxy) is 2. The van der Waals surface area contributed by atoms with Gasteiger partial charge >= 0.3 is 41.8 Å². The van der Waals surface area contributed by atoms with E-state index < -0.39 is 66.2 Å². The van der Waals surface area contributed by atoms with Crippen LogP contribution in [0.3, 0.4) is 0 Å². The molecule has 16 nitrogen and oxygen atoms in total. The van der Waals surface area contributed by atoms with Crippen LogP contribution in [0.15, 0.2) is 12.2 Å². The van der Waals surface area contributed by atoms with Crippen LogP contribution < -0.4 is 0 Å². The lowest BCUT2D eigenvalue weighted by Gasteiger charge is -2.20. The first kappa shape index (κ1) is 28.2. The molecule has 0 saturated carbocycles. The van der Waals surface area contributed by atoms with E-state index >= 15 is 0 Å². The van der Waals surface area contributed by atoms with Gasteiger partial charge in [0.25, 0.3) is 0 Å².